The largest absolute Gasteiger partial charge is 0.494 e. The molecule has 0 radical (unpaired) electrons. The number of rotatable bonds is 4. The summed E-state index contributed by atoms with van der Waals surface area (Å²) in [6, 6.07) is 3.17. The zero-order valence-electron chi connectivity index (χ0n) is 8.01. The predicted molar refractivity (Wildman–Crippen MR) is 50.8 cm³/mol. The standard InChI is InChI=1S/C8H11N3O3/c1-3-14-7-4-5-9-8(6-7)10(2)11(12)13/h4-6H,3H2,1-2H3. The molecule has 0 aromatic carbocycles. The van der Waals surface area contributed by atoms with E-state index in [0.717, 1.165) is 5.01 Å². The van der Waals surface area contributed by atoms with Gasteiger partial charge in [-0.25, -0.2) is 15.1 Å². The van der Waals surface area contributed by atoms with Gasteiger partial charge in [0.05, 0.1) is 13.7 Å². The smallest absolute Gasteiger partial charge is 0.197 e. The van der Waals surface area contributed by atoms with Gasteiger partial charge in [-0.3, -0.25) is 0 Å². The maximum absolute atomic E-state index is 10.4. The molecule has 14 heavy (non-hydrogen) atoms. The van der Waals surface area contributed by atoms with Crippen molar-refractivity contribution in [3.63, 3.8) is 0 Å². The Morgan fingerprint density at radius 2 is 2.43 bits per heavy atom. The van der Waals surface area contributed by atoms with Gasteiger partial charge in [0.1, 0.15) is 5.75 Å². The van der Waals surface area contributed by atoms with E-state index in [2.05, 4.69) is 4.98 Å². The van der Waals surface area contributed by atoms with Gasteiger partial charge in [-0.15, -0.1) is 0 Å². The van der Waals surface area contributed by atoms with Gasteiger partial charge in [-0.05, 0) is 13.0 Å². The lowest BCUT2D eigenvalue weighted by molar-refractivity contribution is -0.490. The molecule has 0 saturated heterocycles. The van der Waals surface area contributed by atoms with Crippen LogP contribution in [-0.4, -0.2) is 23.7 Å². The molecule has 1 heterocycles. The molecule has 1 aromatic heterocycles. The van der Waals surface area contributed by atoms with E-state index in [1.165, 1.54) is 19.3 Å². The van der Waals surface area contributed by atoms with Crippen molar-refractivity contribution in [2.45, 2.75) is 6.92 Å². The second-order valence-electron chi connectivity index (χ2n) is 2.54. The maximum Gasteiger partial charge on any atom is 0.197 e. The first-order valence-electron chi connectivity index (χ1n) is 4.12. The fourth-order valence-electron chi connectivity index (χ4n) is 0.917. The van der Waals surface area contributed by atoms with Crippen LogP contribution in [0.5, 0.6) is 5.75 Å². The monoisotopic (exact) mass is 197 g/mol. The molecule has 0 unspecified atom stereocenters. The number of hydrogen-bond acceptors (Lipinski definition) is 4. The minimum absolute atomic E-state index is 0.251. The van der Waals surface area contributed by atoms with Crippen molar-refractivity contribution in [1.82, 2.24) is 4.98 Å². The Bertz CT molecular complexity index is 329. The fraction of sp³-hybridized carbons (Fsp3) is 0.375. The topological polar surface area (TPSA) is 68.5 Å². The molecule has 0 aliphatic rings. The summed E-state index contributed by atoms with van der Waals surface area (Å²) in [5, 5.41) is 10.7. The molecule has 1 rings (SSSR count). The highest BCUT2D eigenvalue weighted by molar-refractivity contribution is 5.40. The van der Waals surface area contributed by atoms with E-state index in [1.54, 1.807) is 6.07 Å². The lowest BCUT2D eigenvalue weighted by Gasteiger charge is -2.08. The van der Waals surface area contributed by atoms with E-state index < -0.39 is 5.03 Å². The summed E-state index contributed by atoms with van der Waals surface area (Å²) < 4.78 is 5.19. The van der Waals surface area contributed by atoms with Gasteiger partial charge in [-0.2, -0.15) is 0 Å². The first-order valence-corrected chi connectivity index (χ1v) is 4.12. The van der Waals surface area contributed by atoms with E-state index in [4.69, 9.17) is 4.74 Å². The van der Waals surface area contributed by atoms with E-state index in [0.29, 0.717) is 12.4 Å². The van der Waals surface area contributed by atoms with Crippen molar-refractivity contribution in [2.24, 2.45) is 0 Å². The third kappa shape index (κ3) is 2.32. The lowest BCUT2D eigenvalue weighted by atomic mass is 10.4. The molecule has 0 N–H and O–H groups in total. The number of aromatic nitrogens is 1. The molecule has 0 aliphatic carbocycles. The van der Waals surface area contributed by atoms with Gasteiger partial charge in [0.15, 0.2) is 10.9 Å². The quantitative estimate of drug-likeness (QED) is 0.534. The fourth-order valence-corrected chi connectivity index (χ4v) is 0.917. The van der Waals surface area contributed by atoms with Crippen LogP contribution in [0.4, 0.5) is 5.82 Å². The summed E-state index contributed by atoms with van der Waals surface area (Å²) in [7, 11) is 1.33. The maximum atomic E-state index is 10.4. The normalized spacial score (nSPS) is 9.57. The van der Waals surface area contributed by atoms with Gasteiger partial charge in [0, 0.05) is 12.3 Å². The summed E-state index contributed by atoms with van der Waals surface area (Å²) in [5.41, 5.74) is 0. The van der Waals surface area contributed by atoms with E-state index in [1.807, 2.05) is 6.92 Å². The van der Waals surface area contributed by atoms with Gasteiger partial charge in [-0.1, -0.05) is 5.01 Å². The average Bonchev–Trinajstić information content (AvgIpc) is 2.17. The third-order valence-electron chi connectivity index (χ3n) is 1.60. The Hall–Kier alpha value is -1.85. The third-order valence-corrected chi connectivity index (χ3v) is 1.60. The molecule has 0 spiro atoms. The van der Waals surface area contributed by atoms with Crippen molar-refractivity contribution < 1.29 is 9.77 Å². The number of hydrazine groups is 1. The van der Waals surface area contributed by atoms with Crippen molar-refractivity contribution in [3.8, 4) is 5.75 Å². The van der Waals surface area contributed by atoms with Crippen LogP contribution >= 0.6 is 0 Å². The van der Waals surface area contributed by atoms with E-state index in [-0.39, 0.29) is 5.82 Å². The number of nitrogens with zero attached hydrogens (tertiary/aromatic N) is 3. The van der Waals surface area contributed by atoms with Crippen molar-refractivity contribution in [2.75, 3.05) is 18.7 Å². The molecule has 0 aliphatic heterocycles. The van der Waals surface area contributed by atoms with Crippen LogP contribution < -0.4 is 9.75 Å². The highest BCUT2D eigenvalue weighted by atomic mass is 16.7. The molecule has 0 atom stereocenters. The predicted octanol–water partition coefficient (Wildman–Crippen LogP) is 1.11. The minimum Gasteiger partial charge on any atom is -0.494 e. The van der Waals surface area contributed by atoms with Crippen molar-refractivity contribution in [3.05, 3.63) is 28.4 Å². The lowest BCUT2D eigenvalue weighted by Crippen LogP contribution is -2.25. The molecular weight excluding hydrogens is 186 g/mol. The highest BCUT2D eigenvalue weighted by Crippen LogP contribution is 2.16. The van der Waals surface area contributed by atoms with Crippen LogP contribution in [0.3, 0.4) is 0 Å². The van der Waals surface area contributed by atoms with Crippen LogP contribution in [0, 0.1) is 10.1 Å². The Labute approximate surface area is 81.2 Å². The second-order valence-corrected chi connectivity index (χ2v) is 2.54. The van der Waals surface area contributed by atoms with Gasteiger partial charge < -0.3 is 4.74 Å². The number of ether oxygens (including phenoxy) is 1. The van der Waals surface area contributed by atoms with Crippen molar-refractivity contribution >= 4 is 5.82 Å². The van der Waals surface area contributed by atoms with Crippen LogP contribution in [0.2, 0.25) is 0 Å². The molecule has 0 amide bonds. The van der Waals surface area contributed by atoms with E-state index >= 15 is 0 Å². The Kier molecular flexibility index (Phi) is 3.22. The molecule has 0 saturated carbocycles. The first-order chi connectivity index (χ1) is 6.65. The number of pyridine rings is 1. The van der Waals surface area contributed by atoms with Crippen LogP contribution in [0.1, 0.15) is 6.92 Å². The Morgan fingerprint density at radius 1 is 1.71 bits per heavy atom. The number of nitro groups is 1. The number of hydrogen-bond donors (Lipinski definition) is 0. The Morgan fingerprint density at radius 3 is 3.00 bits per heavy atom. The van der Waals surface area contributed by atoms with Crippen molar-refractivity contribution in [1.29, 1.82) is 0 Å². The Balaban J connectivity index is 2.87. The van der Waals surface area contributed by atoms with Gasteiger partial charge in [0.2, 0.25) is 0 Å². The molecular formula is C8H11N3O3. The first kappa shape index (κ1) is 10.2. The van der Waals surface area contributed by atoms with Crippen LogP contribution in [0.15, 0.2) is 18.3 Å². The average molecular weight is 197 g/mol. The second kappa shape index (κ2) is 4.40. The number of anilines is 1. The summed E-state index contributed by atoms with van der Waals surface area (Å²) in [6.45, 7) is 2.36. The summed E-state index contributed by atoms with van der Waals surface area (Å²) in [6.07, 6.45) is 1.47. The molecule has 0 bridgehead atoms. The molecule has 6 nitrogen and oxygen atoms in total. The minimum atomic E-state index is -0.544. The molecule has 6 heteroatoms. The molecule has 0 fully saturated rings. The zero-order chi connectivity index (χ0) is 10.6. The molecule has 76 valence electrons. The summed E-state index contributed by atoms with van der Waals surface area (Å²) in [5.74, 6) is 0.826. The van der Waals surface area contributed by atoms with Crippen LogP contribution in [-0.2, 0) is 0 Å². The van der Waals surface area contributed by atoms with Gasteiger partial charge >= 0.3 is 0 Å². The SMILES string of the molecule is CCOc1ccnc(N(C)[N+](=O)[O-])c1. The summed E-state index contributed by atoms with van der Waals surface area (Å²) >= 11 is 0. The zero-order valence-corrected chi connectivity index (χ0v) is 8.01. The molecule has 1 aromatic rings. The van der Waals surface area contributed by atoms with Crippen LogP contribution in [0.25, 0.3) is 0 Å². The highest BCUT2D eigenvalue weighted by Gasteiger charge is 2.12. The van der Waals surface area contributed by atoms with Gasteiger partial charge in [0.25, 0.3) is 0 Å². The summed E-state index contributed by atoms with van der Waals surface area (Å²) in [4.78, 5) is 14.3. The van der Waals surface area contributed by atoms with E-state index in [9.17, 15) is 10.1 Å².